The molecule has 0 spiro atoms. The van der Waals surface area contributed by atoms with Crippen molar-refractivity contribution in [1.82, 2.24) is 10.2 Å². The van der Waals surface area contributed by atoms with E-state index in [0.29, 0.717) is 6.04 Å². The molecule has 1 saturated carbocycles. The van der Waals surface area contributed by atoms with Crippen LogP contribution in [-0.2, 0) is 0 Å². The second-order valence-electron chi connectivity index (χ2n) is 5.57. The molecule has 0 aromatic heterocycles. The normalized spacial score (nSPS) is 19.8. The maximum atomic E-state index is 3.81. The predicted molar refractivity (Wildman–Crippen MR) is 76.5 cm³/mol. The van der Waals surface area contributed by atoms with E-state index < -0.39 is 0 Å². The summed E-state index contributed by atoms with van der Waals surface area (Å²) in [6.45, 7) is 10.5. The van der Waals surface area contributed by atoms with Crippen LogP contribution in [0.15, 0.2) is 0 Å². The molecule has 2 heteroatoms. The van der Waals surface area contributed by atoms with Gasteiger partial charge in [-0.2, -0.15) is 0 Å². The van der Waals surface area contributed by atoms with Gasteiger partial charge in [-0.1, -0.05) is 33.1 Å². The fraction of sp³-hybridized carbons (Fsp3) is 1.00. The van der Waals surface area contributed by atoms with E-state index in [1.165, 1.54) is 64.6 Å². The standard InChI is InChI=1S/C15H32N2/c1-4-17(5-2)13-9-10-14(3)16-15-11-7-6-8-12-15/h14-16H,4-13H2,1-3H3. The average Bonchev–Trinajstić information content (AvgIpc) is 2.36. The molecule has 102 valence electrons. The molecule has 1 aliphatic carbocycles. The molecular formula is C15H32N2. The Bertz CT molecular complexity index is 172. The molecule has 0 saturated heterocycles. The van der Waals surface area contributed by atoms with Crippen LogP contribution in [0.2, 0.25) is 0 Å². The summed E-state index contributed by atoms with van der Waals surface area (Å²) in [7, 11) is 0. The van der Waals surface area contributed by atoms with Crippen molar-refractivity contribution in [3.05, 3.63) is 0 Å². The molecule has 0 radical (unpaired) electrons. The summed E-state index contributed by atoms with van der Waals surface area (Å²) in [6, 6.07) is 1.51. The third-order valence-corrected chi connectivity index (χ3v) is 4.13. The minimum atomic E-state index is 0.702. The lowest BCUT2D eigenvalue weighted by molar-refractivity contribution is 0.281. The van der Waals surface area contributed by atoms with Gasteiger partial charge in [0.2, 0.25) is 0 Å². The average molecular weight is 240 g/mol. The summed E-state index contributed by atoms with van der Waals surface area (Å²) < 4.78 is 0. The molecule has 1 unspecified atom stereocenters. The monoisotopic (exact) mass is 240 g/mol. The van der Waals surface area contributed by atoms with Gasteiger partial charge in [0.1, 0.15) is 0 Å². The summed E-state index contributed by atoms with van der Waals surface area (Å²) in [5, 5.41) is 3.81. The minimum Gasteiger partial charge on any atom is -0.312 e. The van der Waals surface area contributed by atoms with E-state index in [0.717, 1.165) is 6.04 Å². The lowest BCUT2D eigenvalue weighted by atomic mass is 9.94. The first kappa shape index (κ1) is 15.0. The van der Waals surface area contributed by atoms with Crippen LogP contribution in [0, 0.1) is 0 Å². The lowest BCUT2D eigenvalue weighted by Gasteiger charge is -2.27. The third-order valence-electron chi connectivity index (χ3n) is 4.13. The van der Waals surface area contributed by atoms with E-state index in [9.17, 15) is 0 Å². The van der Waals surface area contributed by atoms with Crippen LogP contribution in [-0.4, -0.2) is 36.6 Å². The Morgan fingerprint density at radius 3 is 2.35 bits per heavy atom. The summed E-state index contributed by atoms with van der Waals surface area (Å²) >= 11 is 0. The number of hydrogen-bond donors (Lipinski definition) is 1. The van der Waals surface area contributed by atoms with E-state index >= 15 is 0 Å². The van der Waals surface area contributed by atoms with E-state index in [2.05, 4.69) is 31.0 Å². The molecule has 1 N–H and O–H groups in total. The summed E-state index contributed by atoms with van der Waals surface area (Å²) in [6.07, 6.45) is 9.79. The van der Waals surface area contributed by atoms with Crippen LogP contribution in [0.25, 0.3) is 0 Å². The second-order valence-corrected chi connectivity index (χ2v) is 5.57. The van der Waals surface area contributed by atoms with Crippen LogP contribution < -0.4 is 5.32 Å². The first-order valence-corrected chi connectivity index (χ1v) is 7.74. The van der Waals surface area contributed by atoms with Crippen molar-refractivity contribution in [1.29, 1.82) is 0 Å². The molecule has 0 heterocycles. The SMILES string of the molecule is CCN(CC)CCCC(C)NC1CCCCC1. The highest BCUT2D eigenvalue weighted by molar-refractivity contribution is 4.75. The van der Waals surface area contributed by atoms with Crippen LogP contribution in [0.1, 0.15) is 65.7 Å². The van der Waals surface area contributed by atoms with Crippen LogP contribution in [0.4, 0.5) is 0 Å². The molecule has 1 atom stereocenters. The number of nitrogens with zero attached hydrogens (tertiary/aromatic N) is 1. The largest absolute Gasteiger partial charge is 0.312 e. The number of hydrogen-bond acceptors (Lipinski definition) is 2. The Morgan fingerprint density at radius 2 is 1.76 bits per heavy atom. The Morgan fingerprint density at radius 1 is 1.12 bits per heavy atom. The minimum absolute atomic E-state index is 0.702. The van der Waals surface area contributed by atoms with Gasteiger partial charge >= 0.3 is 0 Å². The molecule has 0 bridgehead atoms. The molecule has 0 aromatic rings. The molecule has 0 amide bonds. The van der Waals surface area contributed by atoms with E-state index in [4.69, 9.17) is 0 Å². The zero-order valence-electron chi connectivity index (χ0n) is 12.2. The van der Waals surface area contributed by atoms with E-state index in [1.54, 1.807) is 0 Å². The van der Waals surface area contributed by atoms with Crippen molar-refractivity contribution in [2.24, 2.45) is 0 Å². The Kier molecular flexibility index (Phi) is 7.87. The van der Waals surface area contributed by atoms with Gasteiger partial charge in [0.05, 0.1) is 0 Å². The predicted octanol–water partition coefficient (Wildman–Crippen LogP) is 3.42. The molecule has 1 fully saturated rings. The van der Waals surface area contributed by atoms with Gasteiger partial charge in [-0.3, -0.25) is 0 Å². The molecule has 1 rings (SSSR count). The van der Waals surface area contributed by atoms with Crippen molar-refractivity contribution >= 4 is 0 Å². The number of rotatable bonds is 8. The van der Waals surface area contributed by atoms with E-state index in [-0.39, 0.29) is 0 Å². The zero-order chi connectivity index (χ0) is 12.5. The van der Waals surface area contributed by atoms with Crippen LogP contribution in [0.3, 0.4) is 0 Å². The Balaban J connectivity index is 2.05. The van der Waals surface area contributed by atoms with Gasteiger partial charge < -0.3 is 10.2 Å². The zero-order valence-corrected chi connectivity index (χ0v) is 12.2. The summed E-state index contributed by atoms with van der Waals surface area (Å²) in [5.41, 5.74) is 0. The highest BCUT2D eigenvalue weighted by atomic mass is 15.1. The van der Waals surface area contributed by atoms with Gasteiger partial charge in [0, 0.05) is 12.1 Å². The maximum absolute atomic E-state index is 3.81. The highest BCUT2D eigenvalue weighted by Gasteiger charge is 2.15. The van der Waals surface area contributed by atoms with Gasteiger partial charge in [-0.25, -0.2) is 0 Å². The van der Waals surface area contributed by atoms with Crippen molar-refractivity contribution in [3.8, 4) is 0 Å². The topological polar surface area (TPSA) is 15.3 Å². The molecule has 0 aliphatic heterocycles. The fourth-order valence-corrected chi connectivity index (χ4v) is 2.92. The molecule has 1 aliphatic rings. The molecule has 2 nitrogen and oxygen atoms in total. The third kappa shape index (κ3) is 6.42. The first-order valence-electron chi connectivity index (χ1n) is 7.74. The quantitative estimate of drug-likeness (QED) is 0.699. The summed E-state index contributed by atoms with van der Waals surface area (Å²) in [5.74, 6) is 0. The number of nitrogens with one attached hydrogen (secondary N) is 1. The van der Waals surface area contributed by atoms with Gasteiger partial charge in [0.15, 0.2) is 0 Å². The van der Waals surface area contributed by atoms with Crippen LogP contribution >= 0.6 is 0 Å². The lowest BCUT2D eigenvalue weighted by Crippen LogP contribution is -2.38. The van der Waals surface area contributed by atoms with Crippen molar-refractivity contribution in [2.75, 3.05) is 19.6 Å². The molecule has 0 aromatic carbocycles. The van der Waals surface area contributed by atoms with Crippen molar-refractivity contribution in [2.45, 2.75) is 77.8 Å². The Labute approximate surface area is 108 Å². The Hall–Kier alpha value is -0.0800. The van der Waals surface area contributed by atoms with E-state index in [1.807, 2.05) is 0 Å². The summed E-state index contributed by atoms with van der Waals surface area (Å²) in [4.78, 5) is 2.52. The molecule has 17 heavy (non-hydrogen) atoms. The van der Waals surface area contributed by atoms with Gasteiger partial charge in [0.25, 0.3) is 0 Å². The van der Waals surface area contributed by atoms with Gasteiger partial charge in [-0.15, -0.1) is 0 Å². The smallest absolute Gasteiger partial charge is 0.00695 e. The van der Waals surface area contributed by atoms with Crippen molar-refractivity contribution < 1.29 is 0 Å². The van der Waals surface area contributed by atoms with Gasteiger partial charge in [-0.05, 0) is 52.2 Å². The highest BCUT2D eigenvalue weighted by Crippen LogP contribution is 2.18. The van der Waals surface area contributed by atoms with Crippen molar-refractivity contribution in [3.63, 3.8) is 0 Å². The molecular weight excluding hydrogens is 208 g/mol. The fourth-order valence-electron chi connectivity index (χ4n) is 2.92. The maximum Gasteiger partial charge on any atom is 0.00695 e. The second kappa shape index (κ2) is 8.93. The van der Waals surface area contributed by atoms with Crippen LogP contribution in [0.5, 0.6) is 0 Å². The first-order chi connectivity index (χ1) is 8.26.